The molecule has 1 unspecified atom stereocenters. The maximum absolute atomic E-state index is 5.53. The number of hydrogen-bond acceptors (Lipinski definition) is 5. The molecule has 0 amide bonds. The van der Waals surface area contributed by atoms with Crippen molar-refractivity contribution in [2.75, 3.05) is 23.1 Å². The number of rotatable bonds is 5. The van der Waals surface area contributed by atoms with Gasteiger partial charge in [-0.2, -0.15) is 16.7 Å². The molecule has 0 aliphatic rings. The van der Waals surface area contributed by atoms with Crippen LogP contribution in [0.4, 0.5) is 11.8 Å². The summed E-state index contributed by atoms with van der Waals surface area (Å²) in [7, 11) is 0. The van der Waals surface area contributed by atoms with Crippen LogP contribution in [-0.2, 0) is 0 Å². The first kappa shape index (κ1) is 12.6. The summed E-state index contributed by atoms with van der Waals surface area (Å²) in [6.45, 7) is 2.15. The fourth-order valence-corrected chi connectivity index (χ4v) is 2.17. The summed E-state index contributed by atoms with van der Waals surface area (Å²) in [4.78, 5) is 8.04. The second-order valence-corrected chi connectivity index (χ2v) is 4.89. The molecule has 0 radical (unpaired) electrons. The van der Waals surface area contributed by atoms with E-state index < -0.39 is 0 Å². The van der Waals surface area contributed by atoms with Crippen molar-refractivity contribution in [1.82, 2.24) is 9.97 Å². The van der Waals surface area contributed by atoms with E-state index in [0.29, 0.717) is 12.0 Å². The monoisotopic (exact) mass is 290 g/mol. The molecule has 84 valence electrons. The van der Waals surface area contributed by atoms with Gasteiger partial charge in [0.25, 0.3) is 0 Å². The second-order valence-electron chi connectivity index (χ2n) is 3.13. The minimum atomic E-state index is 0.291. The molecule has 1 aromatic heterocycles. The molecule has 1 atom stereocenters. The molecule has 15 heavy (non-hydrogen) atoms. The van der Waals surface area contributed by atoms with Gasteiger partial charge in [0.15, 0.2) is 0 Å². The van der Waals surface area contributed by atoms with E-state index in [-0.39, 0.29) is 0 Å². The van der Waals surface area contributed by atoms with Crippen molar-refractivity contribution in [1.29, 1.82) is 0 Å². The molecule has 6 heteroatoms. The molecule has 0 aliphatic heterocycles. The third-order valence-electron chi connectivity index (χ3n) is 1.96. The molecule has 0 bridgehead atoms. The minimum absolute atomic E-state index is 0.291. The lowest BCUT2D eigenvalue weighted by atomic mass is 10.2. The first-order chi connectivity index (χ1) is 7.17. The van der Waals surface area contributed by atoms with Gasteiger partial charge in [0.05, 0.1) is 4.47 Å². The van der Waals surface area contributed by atoms with Crippen molar-refractivity contribution < 1.29 is 0 Å². The van der Waals surface area contributed by atoms with E-state index in [2.05, 4.69) is 44.4 Å². The number of anilines is 2. The zero-order valence-electron chi connectivity index (χ0n) is 8.83. The zero-order chi connectivity index (χ0) is 11.3. The van der Waals surface area contributed by atoms with Crippen molar-refractivity contribution in [3.63, 3.8) is 0 Å². The molecule has 4 nitrogen and oxygen atoms in total. The number of thioether (sulfide) groups is 1. The average molecular weight is 291 g/mol. The van der Waals surface area contributed by atoms with Gasteiger partial charge in [-0.15, -0.1) is 0 Å². The number of nitrogens with one attached hydrogen (secondary N) is 1. The van der Waals surface area contributed by atoms with Crippen LogP contribution in [0, 0.1) is 0 Å². The zero-order valence-corrected chi connectivity index (χ0v) is 11.2. The van der Waals surface area contributed by atoms with Crippen molar-refractivity contribution in [3.05, 3.63) is 10.7 Å². The molecule has 1 heterocycles. The molecule has 0 aliphatic carbocycles. The Morgan fingerprint density at radius 2 is 2.40 bits per heavy atom. The van der Waals surface area contributed by atoms with Crippen LogP contribution in [0.1, 0.15) is 13.3 Å². The van der Waals surface area contributed by atoms with Gasteiger partial charge in [-0.1, -0.05) is 6.92 Å². The van der Waals surface area contributed by atoms with Gasteiger partial charge >= 0.3 is 0 Å². The first-order valence-electron chi connectivity index (χ1n) is 4.70. The normalized spacial score (nSPS) is 12.5. The highest BCUT2D eigenvalue weighted by Gasteiger charge is 2.09. The summed E-state index contributed by atoms with van der Waals surface area (Å²) in [5, 5.41) is 3.34. The second kappa shape index (κ2) is 6.17. The summed E-state index contributed by atoms with van der Waals surface area (Å²) in [6, 6.07) is 0.408. The van der Waals surface area contributed by atoms with Gasteiger partial charge in [0.1, 0.15) is 5.82 Å². The number of hydrogen-bond donors (Lipinski definition) is 2. The van der Waals surface area contributed by atoms with E-state index in [0.717, 1.165) is 22.5 Å². The standard InChI is InChI=1S/C9H15BrN4S/c1-3-6(5-15-2)13-8-7(10)4-12-9(11)14-8/h4,6H,3,5H2,1-2H3,(H3,11,12,13,14). The molecular formula is C9H15BrN4S. The molecule has 0 saturated heterocycles. The maximum atomic E-state index is 5.53. The predicted octanol–water partition coefficient (Wildman–Crippen LogP) is 2.37. The van der Waals surface area contributed by atoms with E-state index in [1.165, 1.54) is 0 Å². The van der Waals surface area contributed by atoms with Crippen LogP contribution in [0.25, 0.3) is 0 Å². The summed E-state index contributed by atoms with van der Waals surface area (Å²) < 4.78 is 0.844. The fourth-order valence-electron chi connectivity index (χ4n) is 1.14. The maximum Gasteiger partial charge on any atom is 0.221 e. The van der Waals surface area contributed by atoms with Gasteiger partial charge in [-0.25, -0.2) is 4.98 Å². The first-order valence-corrected chi connectivity index (χ1v) is 6.89. The summed E-state index contributed by atoms with van der Waals surface area (Å²) in [5.74, 6) is 2.11. The molecule has 1 rings (SSSR count). The van der Waals surface area contributed by atoms with Crippen molar-refractivity contribution >= 4 is 39.5 Å². The lowest BCUT2D eigenvalue weighted by Gasteiger charge is -2.17. The van der Waals surface area contributed by atoms with Crippen molar-refractivity contribution in [2.24, 2.45) is 0 Å². The number of nitrogens with zero attached hydrogens (tertiary/aromatic N) is 2. The minimum Gasteiger partial charge on any atom is -0.368 e. The number of halogens is 1. The Labute approximate surface area is 103 Å². The average Bonchev–Trinajstić information content (AvgIpc) is 2.22. The number of nitrogens with two attached hydrogens (primary N) is 1. The SMILES string of the molecule is CCC(CSC)Nc1nc(N)ncc1Br. The Hall–Kier alpha value is -0.490. The Morgan fingerprint density at radius 1 is 1.67 bits per heavy atom. The molecule has 1 aromatic rings. The van der Waals surface area contributed by atoms with E-state index in [1.54, 1.807) is 6.20 Å². The van der Waals surface area contributed by atoms with Crippen molar-refractivity contribution in [2.45, 2.75) is 19.4 Å². The summed E-state index contributed by atoms with van der Waals surface area (Å²) >= 11 is 5.20. The summed E-state index contributed by atoms with van der Waals surface area (Å²) in [6.07, 6.45) is 4.81. The highest BCUT2D eigenvalue weighted by molar-refractivity contribution is 9.10. The molecule has 0 fully saturated rings. The van der Waals surface area contributed by atoms with E-state index in [1.807, 2.05) is 11.8 Å². The van der Waals surface area contributed by atoms with E-state index in [4.69, 9.17) is 5.73 Å². The number of aromatic nitrogens is 2. The Bertz CT molecular complexity index is 321. The fraction of sp³-hybridized carbons (Fsp3) is 0.556. The molecular weight excluding hydrogens is 276 g/mol. The molecule has 3 N–H and O–H groups in total. The lowest BCUT2D eigenvalue weighted by molar-refractivity contribution is 0.768. The van der Waals surface area contributed by atoms with Crippen LogP contribution in [-0.4, -0.2) is 28.0 Å². The number of nitrogen functional groups attached to an aromatic ring is 1. The van der Waals surface area contributed by atoms with Crippen LogP contribution in [0.3, 0.4) is 0 Å². The van der Waals surface area contributed by atoms with E-state index >= 15 is 0 Å². The van der Waals surface area contributed by atoms with Gasteiger partial charge in [0, 0.05) is 18.0 Å². The third-order valence-corrected chi connectivity index (χ3v) is 3.28. The van der Waals surface area contributed by atoms with Crippen LogP contribution in [0.2, 0.25) is 0 Å². The largest absolute Gasteiger partial charge is 0.368 e. The topological polar surface area (TPSA) is 63.8 Å². The van der Waals surface area contributed by atoms with Crippen molar-refractivity contribution in [3.8, 4) is 0 Å². The Kier molecular flexibility index (Phi) is 5.17. The summed E-state index contributed by atoms with van der Waals surface area (Å²) in [5.41, 5.74) is 5.53. The van der Waals surface area contributed by atoms with Crippen LogP contribution >= 0.6 is 27.7 Å². The molecule has 0 aromatic carbocycles. The van der Waals surface area contributed by atoms with Gasteiger partial charge < -0.3 is 11.1 Å². The van der Waals surface area contributed by atoms with Crippen LogP contribution in [0.15, 0.2) is 10.7 Å². The lowest BCUT2D eigenvalue weighted by Crippen LogP contribution is -2.22. The van der Waals surface area contributed by atoms with Crippen LogP contribution < -0.4 is 11.1 Å². The van der Waals surface area contributed by atoms with Gasteiger partial charge in [0.2, 0.25) is 5.95 Å². The molecule has 0 saturated carbocycles. The third kappa shape index (κ3) is 3.87. The van der Waals surface area contributed by atoms with Gasteiger partial charge in [-0.05, 0) is 28.6 Å². The predicted molar refractivity (Wildman–Crippen MR) is 70.2 cm³/mol. The quantitative estimate of drug-likeness (QED) is 0.872. The Balaban J connectivity index is 2.73. The van der Waals surface area contributed by atoms with Gasteiger partial charge in [-0.3, -0.25) is 0 Å². The highest BCUT2D eigenvalue weighted by atomic mass is 79.9. The molecule has 0 spiro atoms. The van der Waals surface area contributed by atoms with E-state index in [9.17, 15) is 0 Å². The smallest absolute Gasteiger partial charge is 0.221 e. The highest BCUT2D eigenvalue weighted by Crippen LogP contribution is 2.21. The Morgan fingerprint density at radius 3 is 3.00 bits per heavy atom. The van der Waals surface area contributed by atoms with Crippen LogP contribution in [0.5, 0.6) is 0 Å².